The van der Waals surface area contributed by atoms with Crippen LogP contribution in [0.1, 0.15) is 20.3 Å². The van der Waals surface area contributed by atoms with Crippen LogP contribution in [0.15, 0.2) is 22.7 Å². The molecule has 1 atom stereocenters. The molecule has 0 aliphatic rings. The summed E-state index contributed by atoms with van der Waals surface area (Å²) in [6.07, 6.45) is 0.663. The quantitative estimate of drug-likeness (QED) is 0.893. The van der Waals surface area contributed by atoms with Gasteiger partial charge in [-0.2, -0.15) is 0 Å². The maximum Gasteiger partial charge on any atom is 0.241 e. The highest BCUT2D eigenvalue weighted by molar-refractivity contribution is 9.10. The predicted octanol–water partition coefficient (Wildman–Crippen LogP) is 3.41. The first kappa shape index (κ1) is 14.5. The van der Waals surface area contributed by atoms with Gasteiger partial charge in [-0.05, 0) is 46.5 Å². The molecule has 0 fully saturated rings. The lowest BCUT2D eigenvalue weighted by atomic mass is 10.0. The van der Waals surface area contributed by atoms with Gasteiger partial charge in [-0.25, -0.2) is 0 Å². The maximum absolute atomic E-state index is 11.8. The minimum Gasteiger partial charge on any atom is -0.325 e. The Morgan fingerprint density at radius 1 is 1.53 bits per heavy atom. The number of anilines is 1. The Balaban J connectivity index is 2.64. The Labute approximate surface area is 115 Å². The largest absolute Gasteiger partial charge is 0.325 e. The number of benzene rings is 1. The van der Waals surface area contributed by atoms with Crippen molar-refractivity contribution >= 4 is 39.1 Å². The second-order valence-electron chi connectivity index (χ2n) is 4.35. The van der Waals surface area contributed by atoms with Crippen LogP contribution in [0.3, 0.4) is 0 Å². The van der Waals surface area contributed by atoms with Crippen LogP contribution in [0.25, 0.3) is 0 Å². The number of rotatable bonds is 4. The van der Waals surface area contributed by atoms with Crippen LogP contribution in [0.4, 0.5) is 5.69 Å². The summed E-state index contributed by atoms with van der Waals surface area (Å²) in [5.74, 6) is 0.210. The van der Waals surface area contributed by atoms with Gasteiger partial charge in [0.1, 0.15) is 0 Å². The molecule has 3 N–H and O–H groups in total. The van der Waals surface area contributed by atoms with E-state index >= 15 is 0 Å². The van der Waals surface area contributed by atoms with E-state index in [0.717, 1.165) is 4.47 Å². The van der Waals surface area contributed by atoms with E-state index in [1.54, 1.807) is 18.2 Å². The molecule has 1 aromatic rings. The van der Waals surface area contributed by atoms with E-state index < -0.39 is 6.04 Å². The molecule has 0 aliphatic carbocycles. The molecule has 1 rings (SSSR count). The van der Waals surface area contributed by atoms with Gasteiger partial charge < -0.3 is 11.1 Å². The normalized spacial score (nSPS) is 12.6. The third kappa shape index (κ3) is 4.66. The van der Waals surface area contributed by atoms with Crippen molar-refractivity contribution in [2.75, 3.05) is 5.32 Å². The average Bonchev–Trinajstić information content (AvgIpc) is 2.22. The monoisotopic (exact) mass is 318 g/mol. The predicted molar refractivity (Wildman–Crippen MR) is 75.2 cm³/mol. The van der Waals surface area contributed by atoms with Crippen molar-refractivity contribution < 1.29 is 4.79 Å². The molecule has 1 unspecified atom stereocenters. The summed E-state index contributed by atoms with van der Waals surface area (Å²) in [4.78, 5) is 11.8. The van der Waals surface area contributed by atoms with Crippen molar-refractivity contribution in [1.82, 2.24) is 0 Å². The smallest absolute Gasteiger partial charge is 0.241 e. The third-order valence-electron chi connectivity index (χ3n) is 2.25. The molecule has 5 heteroatoms. The zero-order valence-electron chi connectivity index (χ0n) is 9.84. The lowest BCUT2D eigenvalue weighted by molar-refractivity contribution is -0.117. The molecule has 3 nitrogen and oxygen atoms in total. The molecule has 0 heterocycles. The lowest BCUT2D eigenvalue weighted by Gasteiger charge is -2.14. The number of halogens is 2. The molecule has 0 aromatic heterocycles. The molecule has 0 spiro atoms. The Morgan fingerprint density at radius 3 is 2.71 bits per heavy atom. The second-order valence-corrected chi connectivity index (χ2v) is 5.62. The Morgan fingerprint density at radius 2 is 2.18 bits per heavy atom. The number of carbonyl (C=O) groups is 1. The molecule has 0 saturated heterocycles. The second kappa shape index (κ2) is 6.38. The van der Waals surface area contributed by atoms with E-state index in [-0.39, 0.29) is 5.91 Å². The first-order chi connectivity index (χ1) is 7.90. The summed E-state index contributed by atoms with van der Waals surface area (Å²) in [5.41, 5.74) is 6.43. The van der Waals surface area contributed by atoms with Crippen molar-refractivity contribution in [1.29, 1.82) is 0 Å². The third-order valence-corrected chi connectivity index (χ3v) is 3.48. The van der Waals surface area contributed by atoms with Crippen molar-refractivity contribution in [2.24, 2.45) is 11.7 Å². The highest BCUT2D eigenvalue weighted by Crippen LogP contribution is 2.25. The van der Waals surface area contributed by atoms with Crippen LogP contribution in [-0.2, 0) is 4.79 Å². The van der Waals surface area contributed by atoms with Crippen LogP contribution in [0.2, 0.25) is 5.02 Å². The first-order valence-electron chi connectivity index (χ1n) is 5.41. The van der Waals surface area contributed by atoms with Crippen molar-refractivity contribution in [3.05, 3.63) is 27.7 Å². The molecule has 1 amide bonds. The SMILES string of the molecule is CC(C)CC(N)C(=O)Nc1ccc(Br)c(Cl)c1. The highest BCUT2D eigenvalue weighted by Gasteiger charge is 2.15. The zero-order valence-corrected chi connectivity index (χ0v) is 12.2. The van der Waals surface area contributed by atoms with Crippen LogP contribution in [-0.4, -0.2) is 11.9 Å². The van der Waals surface area contributed by atoms with Crippen LogP contribution < -0.4 is 11.1 Å². The van der Waals surface area contributed by atoms with Gasteiger partial charge >= 0.3 is 0 Å². The number of nitrogens with two attached hydrogens (primary N) is 1. The molecule has 0 aliphatic heterocycles. The zero-order chi connectivity index (χ0) is 13.0. The molecular weight excluding hydrogens is 304 g/mol. The molecule has 0 saturated carbocycles. The lowest BCUT2D eigenvalue weighted by Crippen LogP contribution is -2.36. The van der Waals surface area contributed by atoms with Gasteiger partial charge in [-0.3, -0.25) is 4.79 Å². The standard InChI is InChI=1S/C12H16BrClN2O/c1-7(2)5-11(15)12(17)16-8-3-4-9(13)10(14)6-8/h3-4,6-7,11H,5,15H2,1-2H3,(H,16,17). The summed E-state index contributed by atoms with van der Waals surface area (Å²) < 4.78 is 0.795. The van der Waals surface area contributed by atoms with Crippen molar-refractivity contribution in [3.63, 3.8) is 0 Å². The minimum atomic E-state index is -0.488. The van der Waals surface area contributed by atoms with Crippen molar-refractivity contribution in [3.8, 4) is 0 Å². The van der Waals surface area contributed by atoms with E-state index in [4.69, 9.17) is 17.3 Å². The fraction of sp³-hybridized carbons (Fsp3) is 0.417. The number of amides is 1. The summed E-state index contributed by atoms with van der Waals surface area (Å²) in [6.45, 7) is 4.06. The van der Waals surface area contributed by atoms with Crippen LogP contribution in [0, 0.1) is 5.92 Å². The van der Waals surface area contributed by atoms with E-state index in [1.807, 2.05) is 13.8 Å². The van der Waals surface area contributed by atoms with Crippen LogP contribution in [0.5, 0.6) is 0 Å². The van der Waals surface area contributed by atoms with Crippen LogP contribution >= 0.6 is 27.5 Å². The van der Waals surface area contributed by atoms with E-state index in [9.17, 15) is 4.79 Å². The number of hydrogen-bond donors (Lipinski definition) is 2. The number of nitrogens with one attached hydrogen (secondary N) is 1. The van der Waals surface area contributed by atoms with Crippen molar-refractivity contribution in [2.45, 2.75) is 26.3 Å². The number of carbonyl (C=O) groups excluding carboxylic acids is 1. The van der Waals surface area contributed by atoms with E-state index in [1.165, 1.54) is 0 Å². The molecule has 17 heavy (non-hydrogen) atoms. The molecule has 0 bridgehead atoms. The van der Waals surface area contributed by atoms with Gasteiger partial charge in [-0.1, -0.05) is 25.4 Å². The highest BCUT2D eigenvalue weighted by atomic mass is 79.9. The van der Waals surface area contributed by atoms with E-state index in [2.05, 4.69) is 21.2 Å². The average molecular weight is 320 g/mol. The van der Waals surface area contributed by atoms with Gasteiger partial charge in [0, 0.05) is 10.2 Å². The van der Waals surface area contributed by atoms with Gasteiger partial charge in [0.2, 0.25) is 5.91 Å². The molecule has 0 radical (unpaired) electrons. The first-order valence-corrected chi connectivity index (χ1v) is 6.58. The maximum atomic E-state index is 11.8. The molecular formula is C12H16BrClN2O. The Bertz CT molecular complexity index is 409. The van der Waals surface area contributed by atoms with E-state index in [0.29, 0.717) is 23.0 Å². The molecule has 1 aromatic carbocycles. The summed E-state index contributed by atoms with van der Waals surface area (Å²) in [6, 6.07) is 4.76. The number of hydrogen-bond acceptors (Lipinski definition) is 2. The molecule has 94 valence electrons. The summed E-state index contributed by atoms with van der Waals surface area (Å²) in [7, 11) is 0. The van der Waals surface area contributed by atoms with Gasteiger partial charge in [0.25, 0.3) is 0 Å². The summed E-state index contributed by atoms with van der Waals surface area (Å²) >= 11 is 9.22. The topological polar surface area (TPSA) is 55.1 Å². The fourth-order valence-electron chi connectivity index (χ4n) is 1.42. The van der Waals surface area contributed by atoms with Gasteiger partial charge in [-0.15, -0.1) is 0 Å². The Kier molecular flexibility index (Phi) is 5.43. The summed E-state index contributed by atoms with van der Waals surface area (Å²) in [5, 5.41) is 3.30. The Hall–Kier alpha value is -0.580. The minimum absolute atomic E-state index is 0.183. The van der Waals surface area contributed by atoms with Gasteiger partial charge in [0.05, 0.1) is 11.1 Å². The van der Waals surface area contributed by atoms with Gasteiger partial charge in [0.15, 0.2) is 0 Å². The fourth-order valence-corrected chi connectivity index (χ4v) is 1.85.